The molecule has 0 unspecified atom stereocenters. The van der Waals surface area contributed by atoms with Gasteiger partial charge in [-0.1, -0.05) is 0 Å². The van der Waals surface area contributed by atoms with Gasteiger partial charge in [0.25, 0.3) is 0 Å². The minimum absolute atomic E-state index is 0.329. The maximum Gasteiger partial charge on any atom is 0.707 e. The second-order valence-electron chi connectivity index (χ2n) is 3.75. The molecule has 0 spiro atoms. The van der Waals surface area contributed by atoms with E-state index in [4.69, 9.17) is 14.8 Å². The van der Waals surface area contributed by atoms with Gasteiger partial charge in [-0.25, -0.2) is 4.98 Å². The van der Waals surface area contributed by atoms with Gasteiger partial charge in [0.2, 0.25) is 0 Å². The Morgan fingerprint density at radius 2 is 2.18 bits per heavy atom. The van der Waals surface area contributed by atoms with E-state index in [0.717, 1.165) is 31.9 Å². The molecule has 0 aromatic carbocycles. The largest absolute Gasteiger partial charge is 0.707 e. The molecule has 0 bridgehead atoms. The van der Waals surface area contributed by atoms with Crippen LogP contribution in [0.2, 0.25) is 0 Å². The van der Waals surface area contributed by atoms with E-state index in [-0.39, 0.29) is 0 Å². The van der Waals surface area contributed by atoms with Crippen LogP contribution < -0.4 is 9.55 Å². The van der Waals surface area contributed by atoms with Crippen LogP contribution in [0.3, 0.4) is 0 Å². The van der Waals surface area contributed by atoms with Gasteiger partial charge in [-0.2, -0.15) is 0 Å². The van der Waals surface area contributed by atoms with Gasteiger partial charge in [-0.15, -0.1) is 0 Å². The van der Waals surface area contributed by atoms with Gasteiger partial charge in [-0.3, -0.25) is 0 Å². The van der Waals surface area contributed by atoms with E-state index in [2.05, 4.69) is 14.5 Å². The minimum Gasteiger partial charge on any atom is -0.511 e. The zero-order chi connectivity index (χ0) is 12.1. The Kier molecular flexibility index (Phi) is 4.19. The van der Waals surface area contributed by atoms with E-state index < -0.39 is 7.32 Å². The van der Waals surface area contributed by atoms with Crippen LogP contribution in [0.25, 0.3) is 0 Å². The molecule has 1 aromatic rings. The number of aromatic nitrogens is 1. The molecule has 1 fully saturated rings. The molecule has 1 aliphatic rings. The summed E-state index contributed by atoms with van der Waals surface area (Å²) in [7, 11) is -1.81. The van der Waals surface area contributed by atoms with Crippen molar-refractivity contribution >= 4 is 13.1 Å². The maximum absolute atomic E-state index is 8.64. The van der Waals surface area contributed by atoms with Crippen LogP contribution in [0.4, 0.5) is 5.82 Å². The van der Waals surface area contributed by atoms with E-state index >= 15 is 0 Å². The van der Waals surface area contributed by atoms with Crippen LogP contribution in [-0.2, 0) is 4.74 Å². The molecule has 2 N–H and O–H groups in total. The van der Waals surface area contributed by atoms with Crippen molar-refractivity contribution in [2.45, 2.75) is 6.42 Å². The summed E-state index contributed by atoms with van der Waals surface area (Å²) >= 11 is 0. The number of rotatable bonds is 3. The van der Waals surface area contributed by atoms with Gasteiger partial charge in [0.15, 0.2) is 0 Å². The van der Waals surface area contributed by atoms with Gasteiger partial charge < -0.3 is 24.3 Å². The fourth-order valence-corrected chi connectivity index (χ4v) is 1.73. The third kappa shape index (κ3) is 3.59. The fourth-order valence-electron chi connectivity index (χ4n) is 1.73. The Morgan fingerprint density at radius 3 is 2.88 bits per heavy atom. The van der Waals surface area contributed by atoms with Gasteiger partial charge in [0.1, 0.15) is 11.6 Å². The summed E-state index contributed by atoms with van der Waals surface area (Å²) in [5, 5.41) is 17.3. The van der Waals surface area contributed by atoms with Crippen molar-refractivity contribution in [2.24, 2.45) is 0 Å². The molecular formula is C10H15BN2O4. The van der Waals surface area contributed by atoms with Crippen molar-refractivity contribution in [3.63, 3.8) is 0 Å². The molecule has 0 aliphatic carbocycles. The SMILES string of the molecule is OB(O)Oc1ccc(N2CCCOCC2)nc1. The zero-order valence-corrected chi connectivity index (χ0v) is 9.45. The lowest BCUT2D eigenvalue weighted by Gasteiger charge is -2.20. The van der Waals surface area contributed by atoms with Crippen LogP contribution in [0, 0.1) is 0 Å². The molecule has 0 saturated carbocycles. The fraction of sp³-hybridized carbons (Fsp3) is 0.500. The molecule has 92 valence electrons. The molecule has 1 aliphatic heterocycles. The number of hydrogen-bond acceptors (Lipinski definition) is 6. The lowest BCUT2D eigenvalue weighted by Crippen LogP contribution is -2.26. The first kappa shape index (κ1) is 12.2. The summed E-state index contributed by atoms with van der Waals surface area (Å²) < 4.78 is 10.0. The summed E-state index contributed by atoms with van der Waals surface area (Å²) in [6.45, 7) is 3.22. The van der Waals surface area contributed by atoms with Crippen molar-refractivity contribution < 1.29 is 19.4 Å². The Bertz CT molecular complexity index is 339. The van der Waals surface area contributed by atoms with Crippen LogP contribution in [0.5, 0.6) is 5.75 Å². The van der Waals surface area contributed by atoms with Crippen molar-refractivity contribution in [1.29, 1.82) is 0 Å². The summed E-state index contributed by atoms with van der Waals surface area (Å²) in [6.07, 6.45) is 2.45. The highest BCUT2D eigenvalue weighted by molar-refractivity contribution is 6.33. The average molecular weight is 238 g/mol. The molecule has 0 radical (unpaired) electrons. The first-order chi connectivity index (χ1) is 8.25. The second kappa shape index (κ2) is 5.86. The van der Waals surface area contributed by atoms with Crippen LogP contribution in [-0.4, -0.2) is 48.7 Å². The lowest BCUT2D eigenvalue weighted by atomic mass is 10.2. The molecule has 0 atom stereocenters. The zero-order valence-electron chi connectivity index (χ0n) is 9.45. The lowest BCUT2D eigenvalue weighted by molar-refractivity contribution is 0.152. The van der Waals surface area contributed by atoms with E-state index in [1.54, 1.807) is 12.1 Å². The minimum atomic E-state index is -1.81. The number of ether oxygens (including phenoxy) is 1. The van der Waals surface area contributed by atoms with Crippen molar-refractivity contribution in [1.82, 2.24) is 4.98 Å². The standard InChI is InChI=1S/C10H15BN2O4/c14-11(15)17-9-2-3-10(12-8-9)13-4-1-6-16-7-5-13/h2-3,8,14-15H,1,4-7H2. The predicted octanol–water partition coefficient (Wildman–Crippen LogP) is -0.343. The highest BCUT2D eigenvalue weighted by Crippen LogP contribution is 2.17. The van der Waals surface area contributed by atoms with Gasteiger partial charge in [0.05, 0.1) is 12.8 Å². The normalized spacial score (nSPS) is 16.5. The first-order valence-electron chi connectivity index (χ1n) is 5.57. The van der Waals surface area contributed by atoms with Crippen molar-refractivity contribution in [3.8, 4) is 5.75 Å². The van der Waals surface area contributed by atoms with Gasteiger partial charge >= 0.3 is 7.32 Å². The van der Waals surface area contributed by atoms with E-state index in [1.807, 2.05) is 0 Å². The Balaban J connectivity index is 2.00. The van der Waals surface area contributed by atoms with Gasteiger partial charge in [-0.05, 0) is 18.6 Å². The molecule has 1 aromatic heterocycles. The van der Waals surface area contributed by atoms with Crippen molar-refractivity contribution in [3.05, 3.63) is 18.3 Å². The average Bonchev–Trinajstić information content (AvgIpc) is 2.58. The first-order valence-corrected chi connectivity index (χ1v) is 5.57. The summed E-state index contributed by atoms with van der Waals surface area (Å²) in [5.41, 5.74) is 0. The summed E-state index contributed by atoms with van der Waals surface area (Å²) in [6, 6.07) is 3.45. The van der Waals surface area contributed by atoms with E-state index in [1.165, 1.54) is 6.20 Å². The molecule has 2 rings (SSSR count). The monoisotopic (exact) mass is 238 g/mol. The summed E-state index contributed by atoms with van der Waals surface area (Å²) in [5.74, 6) is 1.17. The number of anilines is 1. The second-order valence-corrected chi connectivity index (χ2v) is 3.75. The highest BCUT2D eigenvalue weighted by Gasteiger charge is 2.13. The third-order valence-electron chi connectivity index (χ3n) is 2.51. The number of pyridine rings is 1. The smallest absolute Gasteiger partial charge is 0.511 e. The van der Waals surface area contributed by atoms with E-state index in [9.17, 15) is 0 Å². The van der Waals surface area contributed by atoms with Gasteiger partial charge in [0, 0.05) is 19.7 Å². The predicted molar refractivity (Wildman–Crippen MR) is 62.7 cm³/mol. The number of hydrogen-bond donors (Lipinski definition) is 2. The van der Waals surface area contributed by atoms with Crippen molar-refractivity contribution in [2.75, 3.05) is 31.2 Å². The Hall–Kier alpha value is -1.31. The molecule has 7 heteroatoms. The Morgan fingerprint density at radius 1 is 1.29 bits per heavy atom. The third-order valence-corrected chi connectivity index (χ3v) is 2.51. The van der Waals surface area contributed by atoms with E-state index in [0.29, 0.717) is 12.4 Å². The molecule has 17 heavy (non-hydrogen) atoms. The van der Waals surface area contributed by atoms with Crippen LogP contribution >= 0.6 is 0 Å². The number of nitrogens with zero attached hydrogens (tertiary/aromatic N) is 2. The highest BCUT2D eigenvalue weighted by atomic mass is 16.6. The Labute approximate surface area is 100.0 Å². The molecule has 1 saturated heterocycles. The van der Waals surface area contributed by atoms with Crippen LogP contribution in [0.15, 0.2) is 18.3 Å². The maximum atomic E-state index is 8.64. The summed E-state index contributed by atoms with van der Waals surface area (Å²) in [4.78, 5) is 6.35. The molecular weight excluding hydrogens is 223 g/mol. The topological polar surface area (TPSA) is 75.0 Å². The van der Waals surface area contributed by atoms with Crippen LogP contribution in [0.1, 0.15) is 6.42 Å². The molecule has 0 amide bonds. The quantitative estimate of drug-likeness (QED) is 0.701. The molecule has 2 heterocycles. The molecule has 6 nitrogen and oxygen atoms in total.